The van der Waals surface area contributed by atoms with Crippen molar-refractivity contribution in [3.05, 3.63) is 48.0 Å². The molecular formula is C25H34N2O9S. The predicted octanol–water partition coefficient (Wildman–Crippen LogP) is 1.97. The summed E-state index contributed by atoms with van der Waals surface area (Å²) >= 11 is 0. The molecule has 1 heterocycles. The van der Waals surface area contributed by atoms with Crippen molar-refractivity contribution in [2.24, 2.45) is 0 Å². The van der Waals surface area contributed by atoms with Crippen LogP contribution in [0.1, 0.15) is 43.5 Å². The zero-order chi connectivity index (χ0) is 27.0. The van der Waals surface area contributed by atoms with E-state index < -0.39 is 47.1 Å². The van der Waals surface area contributed by atoms with Gasteiger partial charge in [0.05, 0.1) is 30.6 Å². The molecule has 0 radical (unpaired) electrons. The minimum Gasteiger partial charge on any atom is -0.462 e. The summed E-state index contributed by atoms with van der Waals surface area (Å²) in [6, 6.07) is 11.2. The summed E-state index contributed by atoms with van der Waals surface area (Å²) < 4.78 is 46.2. The molecule has 2 aromatic rings. The van der Waals surface area contributed by atoms with Crippen LogP contribution in [0, 0.1) is 0 Å². The lowest BCUT2D eigenvalue weighted by Crippen LogP contribution is -2.54. The summed E-state index contributed by atoms with van der Waals surface area (Å²) in [5.41, 5.74) is 0.270. The van der Waals surface area contributed by atoms with Crippen molar-refractivity contribution in [2.45, 2.75) is 62.5 Å². The van der Waals surface area contributed by atoms with Gasteiger partial charge >= 0.3 is 5.97 Å². The summed E-state index contributed by atoms with van der Waals surface area (Å²) in [6.45, 7) is 3.62. The summed E-state index contributed by atoms with van der Waals surface area (Å²) in [5, 5.41) is 32.7. The van der Waals surface area contributed by atoms with Crippen molar-refractivity contribution in [1.82, 2.24) is 4.72 Å². The van der Waals surface area contributed by atoms with Crippen molar-refractivity contribution >= 4 is 21.7 Å². The van der Waals surface area contributed by atoms with Crippen LogP contribution in [0.25, 0.3) is 0 Å². The van der Waals surface area contributed by atoms with Crippen molar-refractivity contribution < 1.29 is 42.7 Å². The number of para-hydroxylation sites is 1. The van der Waals surface area contributed by atoms with E-state index in [4.69, 9.17) is 14.2 Å². The molecule has 1 aliphatic heterocycles. The summed E-state index contributed by atoms with van der Waals surface area (Å²) in [5.74, 6) is -0.385. The van der Waals surface area contributed by atoms with Gasteiger partial charge in [-0.15, -0.1) is 0 Å². The van der Waals surface area contributed by atoms with Crippen molar-refractivity contribution in [3.8, 4) is 11.5 Å². The third-order valence-electron chi connectivity index (χ3n) is 5.70. The number of carbonyl (C=O) groups excluding carboxylic acids is 1. The van der Waals surface area contributed by atoms with E-state index in [0.717, 1.165) is 18.9 Å². The quantitative estimate of drug-likeness (QED) is 0.199. The number of anilines is 1. The summed E-state index contributed by atoms with van der Waals surface area (Å²) in [7, 11) is -4.43. The predicted molar refractivity (Wildman–Crippen MR) is 135 cm³/mol. The molecule has 5 N–H and O–H groups in total. The number of hydrogen-bond acceptors (Lipinski definition) is 10. The lowest BCUT2D eigenvalue weighted by atomic mass is 10.0. The molecule has 2 aromatic carbocycles. The van der Waals surface area contributed by atoms with E-state index in [1.165, 1.54) is 6.07 Å². The zero-order valence-electron chi connectivity index (χ0n) is 20.8. The molecule has 204 valence electrons. The third kappa shape index (κ3) is 7.40. The maximum atomic E-state index is 13.7. The molecule has 0 saturated carbocycles. The molecule has 11 nitrogen and oxygen atoms in total. The molecule has 1 unspecified atom stereocenters. The SMILES string of the molecule is CCCCNc1cc(C(=O)OCC)cc(S(=O)(=O)NC2C[C@@H](O)[C@H](O)[C@@H](CO)O2)c1Oc1ccccc1. The number of benzene rings is 2. The summed E-state index contributed by atoms with van der Waals surface area (Å²) in [6.07, 6.45) is -3.73. The maximum Gasteiger partial charge on any atom is 0.338 e. The Bertz CT molecular complexity index is 1140. The van der Waals surface area contributed by atoms with Gasteiger partial charge in [-0.3, -0.25) is 0 Å². The molecule has 0 amide bonds. The lowest BCUT2D eigenvalue weighted by molar-refractivity contribution is -0.181. The molecule has 4 atom stereocenters. The number of rotatable bonds is 12. The molecule has 1 aliphatic rings. The fourth-order valence-electron chi connectivity index (χ4n) is 3.79. The Morgan fingerprint density at radius 1 is 1.16 bits per heavy atom. The molecule has 3 rings (SSSR count). The van der Waals surface area contributed by atoms with Gasteiger partial charge in [-0.1, -0.05) is 31.5 Å². The number of hydrogen-bond donors (Lipinski definition) is 5. The van der Waals surface area contributed by atoms with E-state index in [1.807, 2.05) is 6.92 Å². The van der Waals surface area contributed by atoms with Crippen LogP contribution in [-0.2, 0) is 19.5 Å². The van der Waals surface area contributed by atoms with Crippen LogP contribution in [0.15, 0.2) is 47.4 Å². The molecule has 0 spiro atoms. The Labute approximate surface area is 216 Å². The molecule has 0 aliphatic carbocycles. The average molecular weight is 539 g/mol. The van der Waals surface area contributed by atoms with Gasteiger partial charge in [0.2, 0.25) is 10.0 Å². The average Bonchev–Trinajstić information content (AvgIpc) is 2.87. The van der Waals surface area contributed by atoms with Crippen LogP contribution in [0.3, 0.4) is 0 Å². The molecule has 1 fully saturated rings. The molecule has 37 heavy (non-hydrogen) atoms. The zero-order valence-corrected chi connectivity index (χ0v) is 21.6. The van der Waals surface area contributed by atoms with Crippen LogP contribution < -0.4 is 14.8 Å². The lowest BCUT2D eigenvalue weighted by Gasteiger charge is -2.36. The molecule has 1 saturated heterocycles. The van der Waals surface area contributed by atoms with Crippen LogP contribution in [0.4, 0.5) is 5.69 Å². The van der Waals surface area contributed by atoms with Gasteiger partial charge < -0.3 is 34.8 Å². The molecule has 0 bridgehead atoms. The second-order valence-corrected chi connectivity index (χ2v) is 10.2. The fourth-order valence-corrected chi connectivity index (χ4v) is 5.10. The second kappa shape index (κ2) is 13.2. The highest BCUT2D eigenvalue weighted by atomic mass is 32.2. The van der Waals surface area contributed by atoms with Gasteiger partial charge in [0.15, 0.2) is 5.75 Å². The highest BCUT2D eigenvalue weighted by Gasteiger charge is 2.39. The minimum atomic E-state index is -4.43. The topological polar surface area (TPSA) is 164 Å². The standard InChI is InChI=1S/C25H34N2O9S/c1-3-5-11-26-18-12-16(25(31)34-4-2)13-21(24(18)35-17-9-7-6-8-10-17)37(32,33)27-22-14-19(29)23(30)20(15-28)36-22/h6-10,12-13,19-20,22-23,26-30H,3-5,11,14-15H2,1-2H3/t19-,20-,22?,23+/m1/s1. The van der Waals surface area contributed by atoms with Crippen LogP contribution in [0.2, 0.25) is 0 Å². The Balaban J connectivity index is 2.08. The van der Waals surface area contributed by atoms with Crippen molar-refractivity contribution in [2.75, 3.05) is 25.1 Å². The van der Waals surface area contributed by atoms with Gasteiger partial charge in [-0.05, 0) is 37.6 Å². The van der Waals surface area contributed by atoms with E-state index >= 15 is 0 Å². The first-order valence-electron chi connectivity index (χ1n) is 12.2. The van der Waals surface area contributed by atoms with E-state index in [9.17, 15) is 28.5 Å². The van der Waals surface area contributed by atoms with Gasteiger partial charge in [0.25, 0.3) is 0 Å². The number of unbranched alkanes of at least 4 members (excludes halogenated alkanes) is 1. The second-order valence-electron chi connectivity index (χ2n) is 8.53. The van der Waals surface area contributed by atoms with Crippen LogP contribution >= 0.6 is 0 Å². The maximum absolute atomic E-state index is 13.7. The van der Waals surface area contributed by atoms with E-state index in [2.05, 4.69) is 10.0 Å². The monoisotopic (exact) mass is 538 g/mol. The smallest absolute Gasteiger partial charge is 0.338 e. The first-order valence-corrected chi connectivity index (χ1v) is 13.6. The van der Waals surface area contributed by atoms with Gasteiger partial charge in [0.1, 0.15) is 29.1 Å². The first kappa shape index (κ1) is 28.8. The van der Waals surface area contributed by atoms with E-state index in [-0.39, 0.29) is 34.9 Å². The number of carbonyl (C=O) groups is 1. The Morgan fingerprint density at radius 2 is 1.89 bits per heavy atom. The molecule has 12 heteroatoms. The highest BCUT2D eigenvalue weighted by molar-refractivity contribution is 7.89. The number of esters is 1. The Hall–Kier alpha value is -2.74. The Kier molecular flexibility index (Phi) is 10.3. The molecule has 0 aromatic heterocycles. The minimum absolute atomic E-state index is 0.00473. The van der Waals surface area contributed by atoms with Crippen molar-refractivity contribution in [1.29, 1.82) is 0 Å². The molecular weight excluding hydrogens is 504 g/mol. The van der Waals surface area contributed by atoms with E-state index in [0.29, 0.717) is 12.3 Å². The summed E-state index contributed by atoms with van der Waals surface area (Å²) in [4.78, 5) is 12.3. The first-order chi connectivity index (χ1) is 17.7. The van der Waals surface area contributed by atoms with Gasteiger partial charge in [-0.2, -0.15) is 4.72 Å². The largest absolute Gasteiger partial charge is 0.462 e. The third-order valence-corrected chi connectivity index (χ3v) is 7.16. The van der Waals surface area contributed by atoms with Crippen LogP contribution in [0.5, 0.6) is 11.5 Å². The normalized spacial score (nSPS) is 21.9. The van der Waals surface area contributed by atoms with Gasteiger partial charge in [0, 0.05) is 13.0 Å². The number of sulfonamides is 1. The fraction of sp³-hybridized carbons (Fsp3) is 0.480. The number of aliphatic hydroxyl groups excluding tert-OH is 3. The Morgan fingerprint density at radius 3 is 2.54 bits per heavy atom. The van der Waals surface area contributed by atoms with Crippen molar-refractivity contribution in [3.63, 3.8) is 0 Å². The van der Waals surface area contributed by atoms with E-state index in [1.54, 1.807) is 37.3 Å². The highest BCUT2D eigenvalue weighted by Crippen LogP contribution is 2.38. The number of nitrogens with one attached hydrogen (secondary N) is 2. The van der Waals surface area contributed by atoms with Crippen LogP contribution in [-0.4, -0.2) is 74.0 Å². The number of aliphatic hydroxyl groups is 3. The number of ether oxygens (including phenoxy) is 3. The van der Waals surface area contributed by atoms with Gasteiger partial charge in [-0.25, -0.2) is 13.2 Å².